The molecule has 0 unspecified atom stereocenters. The Hall–Kier alpha value is -2.97. The van der Waals surface area contributed by atoms with E-state index >= 15 is 0 Å². The number of non-ortho nitro benzene ring substituents is 1. The van der Waals surface area contributed by atoms with Gasteiger partial charge in [0.05, 0.1) is 25.6 Å². The molecule has 0 aliphatic heterocycles. The molecule has 0 saturated heterocycles. The Morgan fingerprint density at radius 3 is 2.28 bits per heavy atom. The van der Waals surface area contributed by atoms with Gasteiger partial charge in [0.2, 0.25) is 5.91 Å². The zero-order valence-corrected chi connectivity index (χ0v) is 16.6. The monoisotopic (exact) mass is 406 g/mol. The summed E-state index contributed by atoms with van der Waals surface area (Å²) in [4.78, 5) is 47.3. The van der Waals surface area contributed by atoms with Crippen LogP contribution in [0.15, 0.2) is 24.3 Å². The second-order valence-electron chi connectivity index (χ2n) is 7.16. The SMILES string of the molecule is COC(=O)C[C@@H](c1ccc([N+](=O)[O-])cc1)[C@@H](NC(=O)CC1CCCC1)C(=O)OC. The standard InChI is InChI=1S/C20H26N2O7/c1-28-18(24)12-16(14-7-9-15(10-8-14)22(26)27)19(20(25)29-2)21-17(23)11-13-5-3-4-6-13/h7-10,13,16,19H,3-6,11-12H2,1-2H3,(H,21,23)/t16-,19+/m0/s1. The first-order chi connectivity index (χ1) is 13.8. The van der Waals surface area contributed by atoms with Gasteiger partial charge in [-0.1, -0.05) is 25.0 Å². The van der Waals surface area contributed by atoms with E-state index in [1.54, 1.807) is 0 Å². The highest BCUT2D eigenvalue weighted by Gasteiger charge is 2.34. The van der Waals surface area contributed by atoms with Crippen molar-refractivity contribution in [2.45, 2.75) is 50.5 Å². The first-order valence-electron chi connectivity index (χ1n) is 9.54. The average molecular weight is 406 g/mol. The maximum absolute atomic E-state index is 12.5. The summed E-state index contributed by atoms with van der Waals surface area (Å²) >= 11 is 0. The van der Waals surface area contributed by atoms with E-state index in [1.165, 1.54) is 38.5 Å². The third-order valence-electron chi connectivity index (χ3n) is 5.27. The molecule has 2 rings (SSSR count). The van der Waals surface area contributed by atoms with Gasteiger partial charge in [-0.2, -0.15) is 0 Å². The molecule has 1 fully saturated rings. The van der Waals surface area contributed by atoms with E-state index in [4.69, 9.17) is 9.47 Å². The minimum Gasteiger partial charge on any atom is -0.469 e. The zero-order chi connectivity index (χ0) is 21.4. The van der Waals surface area contributed by atoms with Crippen LogP contribution in [0.1, 0.15) is 50.0 Å². The maximum atomic E-state index is 12.5. The molecule has 9 heteroatoms. The fourth-order valence-corrected chi connectivity index (χ4v) is 3.69. The fraction of sp³-hybridized carbons (Fsp3) is 0.550. The topological polar surface area (TPSA) is 125 Å². The number of amides is 1. The number of hydrogen-bond donors (Lipinski definition) is 1. The smallest absolute Gasteiger partial charge is 0.329 e. The van der Waals surface area contributed by atoms with Gasteiger partial charge in [-0.15, -0.1) is 0 Å². The molecule has 158 valence electrons. The second-order valence-corrected chi connectivity index (χ2v) is 7.16. The molecule has 1 aromatic carbocycles. The number of nitrogens with zero attached hydrogens (tertiary/aromatic N) is 1. The number of hydrogen-bond acceptors (Lipinski definition) is 7. The molecule has 0 bridgehead atoms. The van der Waals surface area contributed by atoms with Crippen LogP contribution in [0.5, 0.6) is 0 Å². The van der Waals surface area contributed by atoms with Crippen LogP contribution in [-0.4, -0.2) is 43.0 Å². The molecule has 1 aliphatic rings. The highest BCUT2D eigenvalue weighted by atomic mass is 16.6. The third-order valence-corrected chi connectivity index (χ3v) is 5.27. The predicted molar refractivity (Wildman–Crippen MR) is 103 cm³/mol. The first kappa shape index (κ1) is 22.3. The van der Waals surface area contributed by atoms with Crippen molar-refractivity contribution >= 4 is 23.5 Å². The van der Waals surface area contributed by atoms with Crippen LogP contribution >= 0.6 is 0 Å². The highest BCUT2D eigenvalue weighted by Crippen LogP contribution is 2.29. The lowest BCUT2D eigenvalue weighted by molar-refractivity contribution is -0.384. The van der Waals surface area contributed by atoms with Gasteiger partial charge in [0, 0.05) is 24.5 Å². The molecule has 0 spiro atoms. The highest BCUT2D eigenvalue weighted by molar-refractivity contribution is 5.86. The molecule has 1 aliphatic carbocycles. The van der Waals surface area contributed by atoms with Crippen LogP contribution in [0.4, 0.5) is 5.69 Å². The number of nitro benzene ring substituents is 1. The van der Waals surface area contributed by atoms with Gasteiger partial charge in [0.1, 0.15) is 6.04 Å². The van der Waals surface area contributed by atoms with Gasteiger partial charge in [-0.05, 0) is 24.3 Å². The number of esters is 2. The van der Waals surface area contributed by atoms with E-state index in [9.17, 15) is 24.5 Å². The van der Waals surface area contributed by atoms with Crippen LogP contribution < -0.4 is 5.32 Å². The van der Waals surface area contributed by atoms with Crippen molar-refractivity contribution in [1.82, 2.24) is 5.32 Å². The number of carbonyl (C=O) groups is 3. The van der Waals surface area contributed by atoms with Gasteiger partial charge < -0.3 is 14.8 Å². The summed E-state index contributed by atoms with van der Waals surface area (Å²) in [5, 5.41) is 13.6. The molecule has 9 nitrogen and oxygen atoms in total. The zero-order valence-electron chi connectivity index (χ0n) is 16.6. The summed E-state index contributed by atoms with van der Waals surface area (Å²) in [6.07, 6.45) is 4.24. The lowest BCUT2D eigenvalue weighted by Gasteiger charge is -2.26. The second kappa shape index (κ2) is 10.5. The maximum Gasteiger partial charge on any atom is 0.329 e. The summed E-state index contributed by atoms with van der Waals surface area (Å²) in [5.74, 6) is -2.07. The molecule has 0 heterocycles. The molecular weight excluding hydrogens is 380 g/mol. The third kappa shape index (κ3) is 6.27. The summed E-state index contributed by atoms with van der Waals surface area (Å²) in [6, 6.07) is 4.38. The Morgan fingerprint density at radius 2 is 1.76 bits per heavy atom. The number of rotatable bonds is 9. The lowest BCUT2D eigenvalue weighted by atomic mass is 9.87. The van der Waals surface area contributed by atoms with Crippen LogP contribution in [0, 0.1) is 16.0 Å². The van der Waals surface area contributed by atoms with E-state index in [0.717, 1.165) is 25.7 Å². The van der Waals surface area contributed by atoms with Crippen molar-refractivity contribution in [3.05, 3.63) is 39.9 Å². The van der Waals surface area contributed by atoms with E-state index in [0.29, 0.717) is 12.0 Å². The summed E-state index contributed by atoms with van der Waals surface area (Å²) in [7, 11) is 2.42. The first-order valence-corrected chi connectivity index (χ1v) is 9.54. The molecule has 2 atom stereocenters. The number of methoxy groups -OCH3 is 2. The van der Waals surface area contributed by atoms with Gasteiger partial charge in [0.15, 0.2) is 0 Å². The molecule has 29 heavy (non-hydrogen) atoms. The summed E-state index contributed by atoms with van der Waals surface area (Å²) in [6.45, 7) is 0. The summed E-state index contributed by atoms with van der Waals surface area (Å²) < 4.78 is 9.58. The van der Waals surface area contributed by atoms with Crippen molar-refractivity contribution in [3.63, 3.8) is 0 Å². The Labute approximate surface area is 168 Å². The van der Waals surface area contributed by atoms with Crippen LogP contribution in [0.25, 0.3) is 0 Å². The van der Waals surface area contributed by atoms with Crippen molar-refractivity contribution in [2.24, 2.45) is 5.92 Å². The largest absolute Gasteiger partial charge is 0.469 e. The molecule has 1 aromatic rings. The van der Waals surface area contributed by atoms with E-state index in [2.05, 4.69) is 5.32 Å². The van der Waals surface area contributed by atoms with E-state index < -0.39 is 28.8 Å². The van der Waals surface area contributed by atoms with E-state index in [1.807, 2.05) is 0 Å². The van der Waals surface area contributed by atoms with Crippen LogP contribution in [0.3, 0.4) is 0 Å². The number of nitro groups is 1. The molecule has 1 amide bonds. The molecule has 0 aromatic heterocycles. The summed E-state index contributed by atoms with van der Waals surface area (Å²) in [5.41, 5.74) is 0.364. The predicted octanol–water partition coefficient (Wildman–Crippen LogP) is 2.48. The van der Waals surface area contributed by atoms with Crippen molar-refractivity contribution in [1.29, 1.82) is 0 Å². The van der Waals surface area contributed by atoms with Crippen LogP contribution in [0.2, 0.25) is 0 Å². The average Bonchev–Trinajstić information content (AvgIpc) is 3.22. The van der Waals surface area contributed by atoms with Gasteiger partial charge in [-0.25, -0.2) is 4.79 Å². The lowest BCUT2D eigenvalue weighted by Crippen LogP contribution is -2.46. The number of carbonyl (C=O) groups excluding carboxylic acids is 3. The molecule has 1 N–H and O–H groups in total. The molecule has 1 saturated carbocycles. The molecular formula is C20H26N2O7. The van der Waals surface area contributed by atoms with Crippen molar-refractivity contribution in [3.8, 4) is 0 Å². The quantitative estimate of drug-likeness (QED) is 0.379. The van der Waals surface area contributed by atoms with Crippen LogP contribution in [-0.2, 0) is 23.9 Å². The Morgan fingerprint density at radius 1 is 1.14 bits per heavy atom. The normalized spacial score (nSPS) is 15.9. The Bertz CT molecular complexity index is 742. The van der Waals surface area contributed by atoms with E-state index in [-0.39, 0.29) is 23.9 Å². The van der Waals surface area contributed by atoms with Gasteiger partial charge >= 0.3 is 11.9 Å². The minimum atomic E-state index is -1.12. The number of benzene rings is 1. The minimum absolute atomic E-state index is 0.120. The van der Waals surface area contributed by atoms with Crippen molar-refractivity contribution < 1.29 is 28.8 Å². The fourth-order valence-electron chi connectivity index (χ4n) is 3.69. The number of nitrogens with one attached hydrogen (secondary N) is 1. The van der Waals surface area contributed by atoms with Crippen molar-refractivity contribution in [2.75, 3.05) is 14.2 Å². The van der Waals surface area contributed by atoms with Gasteiger partial charge in [0.25, 0.3) is 5.69 Å². The van der Waals surface area contributed by atoms with Gasteiger partial charge in [-0.3, -0.25) is 19.7 Å². The Balaban J connectivity index is 2.27. The number of ether oxygens (including phenoxy) is 2. The molecule has 0 radical (unpaired) electrons. The Kier molecular flexibility index (Phi) is 8.11.